The van der Waals surface area contributed by atoms with Crippen LogP contribution >= 0.6 is 0 Å². The summed E-state index contributed by atoms with van der Waals surface area (Å²) in [5.41, 5.74) is 3.19. The van der Waals surface area contributed by atoms with E-state index in [9.17, 15) is 4.79 Å². The summed E-state index contributed by atoms with van der Waals surface area (Å²) in [4.78, 5) is 14.6. The molecule has 1 unspecified atom stereocenters. The summed E-state index contributed by atoms with van der Waals surface area (Å²) in [5, 5.41) is 2.97. The number of hydrogen-bond donors (Lipinski definition) is 1. The Kier molecular flexibility index (Phi) is 4.51. The van der Waals surface area contributed by atoms with Crippen LogP contribution in [0.1, 0.15) is 19.4 Å². The fraction of sp³-hybridized carbons (Fsp3) is 0.316. The van der Waals surface area contributed by atoms with Gasteiger partial charge in [0.05, 0.1) is 18.8 Å². The van der Waals surface area contributed by atoms with Crippen molar-refractivity contribution in [1.29, 1.82) is 0 Å². The van der Waals surface area contributed by atoms with Crippen LogP contribution in [0.4, 0.5) is 11.4 Å². The first-order chi connectivity index (χ1) is 11.2. The molecule has 0 fully saturated rings. The third-order valence-electron chi connectivity index (χ3n) is 4.12. The number of benzene rings is 2. The van der Waals surface area contributed by atoms with Gasteiger partial charge in [0.2, 0.25) is 5.91 Å². The van der Waals surface area contributed by atoms with E-state index < -0.39 is 0 Å². The van der Waals surface area contributed by atoms with Crippen LogP contribution in [-0.2, 0) is 11.2 Å². The molecule has 0 bridgehead atoms. The number of ether oxygens (including phenoxy) is 1. The summed E-state index contributed by atoms with van der Waals surface area (Å²) in [6.45, 7) is 5.00. The first-order valence-corrected chi connectivity index (χ1v) is 8.05. The van der Waals surface area contributed by atoms with Gasteiger partial charge in [-0.2, -0.15) is 0 Å². The molecule has 0 spiro atoms. The third kappa shape index (κ3) is 3.31. The van der Waals surface area contributed by atoms with Crippen molar-refractivity contribution in [2.75, 3.05) is 23.4 Å². The molecule has 1 heterocycles. The van der Waals surface area contributed by atoms with E-state index in [1.54, 1.807) is 0 Å². The highest BCUT2D eigenvalue weighted by molar-refractivity contribution is 5.95. The standard InChI is InChI=1S/C19H22N2O2/c1-3-23-18-11-7-5-9-16(18)20-19(22)13-21-14(2)12-15-8-4-6-10-17(15)21/h4-11,14H,3,12-13H2,1-2H3,(H,20,22). The van der Waals surface area contributed by atoms with Crippen LogP contribution in [0.5, 0.6) is 5.75 Å². The first kappa shape index (κ1) is 15.4. The number of nitrogens with zero attached hydrogens (tertiary/aromatic N) is 1. The number of rotatable bonds is 5. The van der Waals surface area contributed by atoms with Crippen LogP contribution in [0.15, 0.2) is 48.5 Å². The molecule has 1 amide bonds. The predicted octanol–water partition coefficient (Wildman–Crippen LogP) is 3.48. The van der Waals surface area contributed by atoms with E-state index in [0.29, 0.717) is 24.9 Å². The minimum Gasteiger partial charge on any atom is -0.492 e. The molecular formula is C19H22N2O2. The maximum absolute atomic E-state index is 12.5. The molecule has 0 aliphatic carbocycles. The second kappa shape index (κ2) is 6.73. The highest BCUT2D eigenvalue weighted by Gasteiger charge is 2.27. The predicted molar refractivity (Wildman–Crippen MR) is 93.2 cm³/mol. The molecule has 1 atom stereocenters. The van der Waals surface area contributed by atoms with Crippen LogP contribution < -0.4 is 15.0 Å². The third-order valence-corrected chi connectivity index (χ3v) is 4.12. The Bertz CT molecular complexity index is 699. The van der Waals surface area contributed by atoms with Gasteiger partial charge in [0.15, 0.2) is 0 Å². The molecule has 4 heteroatoms. The molecule has 0 saturated carbocycles. The zero-order valence-electron chi connectivity index (χ0n) is 13.6. The van der Waals surface area contributed by atoms with Crippen molar-refractivity contribution in [3.63, 3.8) is 0 Å². The van der Waals surface area contributed by atoms with Gasteiger partial charge in [-0.1, -0.05) is 30.3 Å². The molecular weight excluding hydrogens is 288 g/mol. The van der Waals surface area contributed by atoms with Gasteiger partial charge in [-0.25, -0.2) is 0 Å². The van der Waals surface area contributed by atoms with Crippen LogP contribution in [0.25, 0.3) is 0 Å². The van der Waals surface area contributed by atoms with E-state index >= 15 is 0 Å². The van der Waals surface area contributed by atoms with Crippen LogP contribution in [0, 0.1) is 0 Å². The van der Waals surface area contributed by atoms with Crippen molar-refractivity contribution in [2.24, 2.45) is 0 Å². The number of amides is 1. The molecule has 2 aromatic carbocycles. The minimum absolute atomic E-state index is 0.0271. The topological polar surface area (TPSA) is 41.6 Å². The zero-order valence-corrected chi connectivity index (χ0v) is 13.6. The Morgan fingerprint density at radius 3 is 2.78 bits per heavy atom. The number of para-hydroxylation sites is 3. The van der Waals surface area contributed by atoms with Gasteiger partial charge in [-0.3, -0.25) is 4.79 Å². The molecule has 0 saturated heterocycles. The molecule has 1 N–H and O–H groups in total. The highest BCUT2D eigenvalue weighted by Crippen LogP contribution is 2.31. The Balaban J connectivity index is 1.71. The van der Waals surface area contributed by atoms with Crippen LogP contribution in [0.3, 0.4) is 0 Å². The smallest absolute Gasteiger partial charge is 0.244 e. The van der Waals surface area contributed by atoms with Crippen molar-refractivity contribution in [2.45, 2.75) is 26.3 Å². The monoisotopic (exact) mass is 310 g/mol. The van der Waals surface area contributed by atoms with Crippen molar-refractivity contribution in [3.05, 3.63) is 54.1 Å². The van der Waals surface area contributed by atoms with E-state index in [-0.39, 0.29) is 5.91 Å². The largest absolute Gasteiger partial charge is 0.492 e. The van der Waals surface area contributed by atoms with Gasteiger partial charge < -0.3 is 15.0 Å². The number of carbonyl (C=O) groups excluding carboxylic acids is 1. The van der Waals surface area contributed by atoms with E-state index in [2.05, 4.69) is 29.3 Å². The summed E-state index contributed by atoms with van der Waals surface area (Å²) in [7, 11) is 0. The molecule has 120 valence electrons. The van der Waals surface area contributed by atoms with Gasteiger partial charge in [0.1, 0.15) is 5.75 Å². The lowest BCUT2D eigenvalue weighted by molar-refractivity contribution is -0.115. The lowest BCUT2D eigenvalue weighted by Crippen LogP contribution is -2.37. The molecule has 23 heavy (non-hydrogen) atoms. The summed E-state index contributed by atoms with van der Waals surface area (Å²) >= 11 is 0. The normalized spacial score (nSPS) is 16.1. The van der Waals surface area contributed by atoms with E-state index in [0.717, 1.165) is 17.8 Å². The van der Waals surface area contributed by atoms with Gasteiger partial charge in [0, 0.05) is 11.7 Å². The Hall–Kier alpha value is -2.49. The van der Waals surface area contributed by atoms with Gasteiger partial charge in [0.25, 0.3) is 0 Å². The molecule has 0 radical (unpaired) electrons. The average molecular weight is 310 g/mol. The van der Waals surface area contributed by atoms with Crippen molar-refractivity contribution in [3.8, 4) is 5.75 Å². The minimum atomic E-state index is -0.0271. The Morgan fingerprint density at radius 1 is 1.22 bits per heavy atom. The number of fused-ring (bicyclic) bond motifs is 1. The molecule has 0 aromatic heterocycles. The summed E-state index contributed by atoms with van der Waals surface area (Å²) in [6.07, 6.45) is 0.985. The fourth-order valence-corrected chi connectivity index (χ4v) is 3.07. The quantitative estimate of drug-likeness (QED) is 0.919. The lowest BCUT2D eigenvalue weighted by Gasteiger charge is -2.24. The first-order valence-electron chi connectivity index (χ1n) is 8.05. The molecule has 1 aliphatic heterocycles. The number of carbonyl (C=O) groups is 1. The maximum atomic E-state index is 12.5. The zero-order chi connectivity index (χ0) is 16.2. The van der Waals surface area contributed by atoms with Crippen LogP contribution in [0.2, 0.25) is 0 Å². The van der Waals surface area contributed by atoms with Gasteiger partial charge >= 0.3 is 0 Å². The molecule has 2 aromatic rings. The summed E-state index contributed by atoms with van der Waals surface area (Å²) in [6, 6.07) is 16.1. The lowest BCUT2D eigenvalue weighted by atomic mass is 10.1. The molecule has 1 aliphatic rings. The average Bonchev–Trinajstić information content (AvgIpc) is 2.85. The Labute approximate surface area is 137 Å². The summed E-state index contributed by atoms with van der Waals surface area (Å²) in [5.74, 6) is 0.680. The van der Waals surface area contributed by atoms with Crippen molar-refractivity contribution < 1.29 is 9.53 Å². The second-order valence-corrected chi connectivity index (χ2v) is 5.79. The van der Waals surface area contributed by atoms with E-state index in [1.165, 1.54) is 5.56 Å². The fourth-order valence-electron chi connectivity index (χ4n) is 3.07. The number of nitrogens with one attached hydrogen (secondary N) is 1. The molecule has 4 nitrogen and oxygen atoms in total. The van der Waals surface area contributed by atoms with Crippen molar-refractivity contribution >= 4 is 17.3 Å². The molecule has 3 rings (SSSR count). The Morgan fingerprint density at radius 2 is 1.96 bits per heavy atom. The second-order valence-electron chi connectivity index (χ2n) is 5.79. The van der Waals surface area contributed by atoms with Crippen LogP contribution in [-0.4, -0.2) is 25.1 Å². The van der Waals surface area contributed by atoms with Crippen molar-refractivity contribution in [1.82, 2.24) is 0 Å². The van der Waals surface area contributed by atoms with Gasteiger partial charge in [-0.15, -0.1) is 0 Å². The van der Waals surface area contributed by atoms with E-state index in [4.69, 9.17) is 4.74 Å². The SMILES string of the molecule is CCOc1ccccc1NC(=O)CN1c2ccccc2CC1C. The van der Waals surface area contributed by atoms with Gasteiger partial charge in [-0.05, 0) is 44.0 Å². The maximum Gasteiger partial charge on any atom is 0.244 e. The summed E-state index contributed by atoms with van der Waals surface area (Å²) < 4.78 is 5.56. The van der Waals surface area contributed by atoms with E-state index in [1.807, 2.05) is 43.3 Å². The number of anilines is 2. The number of hydrogen-bond acceptors (Lipinski definition) is 3. The highest BCUT2D eigenvalue weighted by atomic mass is 16.5.